The number of nitrogens with one attached hydrogen (secondary N) is 1. The van der Waals surface area contributed by atoms with Crippen LogP contribution in [0.5, 0.6) is 0 Å². The Bertz CT molecular complexity index is 534. The summed E-state index contributed by atoms with van der Waals surface area (Å²) in [5.41, 5.74) is 1.01. The van der Waals surface area contributed by atoms with E-state index in [1.807, 2.05) is 0 Å². The van der Waals surface area contributed by atoms with Crippen LogP contribution >= 0.6 is 0 Å². The number of hydrogen-bond donors (Lipinski definition) is 2. The van der Waals surface area contributed by atoms with E-state index in [9.17, 15) is 13.2 Å². The second-order valence-corrected chi connectivity index (χ2v) is 3.92. The largest absolute Gasteiger partial charge is 0.416 e. The molecule has 0 saturated heterocycles. The van der Waals surface area contributed by atoms with E-state index in [2.05, 4.69) is 10.2 Å². The number of alkyl halides is 3. The maximum Gasteiger partial charge on any atom is 0.416 e. The quantitative estimate of drug-likeness (QED) is 0.886. The number of nitrogens with zero attached hydrogens (tertiary/aromatic N) is 1. The third kappa shape index (κ3) is 2.89. The average molecular weight is 256 g/mol. The molecule has 1 heterocycles. The minimum absolute atomic E-state index is 0.195. The topological polar surface area (TPSA) is 48.9 Å². The van der Waals surface area contributed by atoms with Gasteiger partial charge in [0, 0.05) is 12.1 Å². The molecule has 96 valence electrons. The maximum absolute atomic E-state index is 12.5. The van der Waals surface area contributed by atoms with Crippen molar-refractivity contribution < 1.29 is 18.3 Å². The highest BCUT2D eigenvalue weighted by molar-refractivity contribution is 5.29. The van der Waals surface area contributed by atoms with Crippen molar-refractivity contribution in [2.75, 3.05) is 0 Å². The Morgan fingerprint density at radius 2 is 2.00 bits per heavy atom. The molecule has 3 nitrogen and oxygen atoms in total. The van der Waals surface area contributed by atoms with Gasteiger partial charge in [0.15, 0.2) is 0 Å². The molecular weight excluding hydrogens is 245 g/mol. The number of aromatic nitrogens is 2. The van der Waals surface area contributed by atoms with Crippen LogP contribution in [0.2, 0.25) is 0 Å². The minimum atomic E-state index is -4.33. The van der Waals surface area contributed by atoms with Crippen molar-refractivity contribution in [2.45, 2.75) is 19.2 Å². The van der Waals surface area contributed by atoms with Gasteiger partial charge in [0.2, 0.25) is 0 Å². The lowest BCUT2D eigenvalue weighted by molar-refractivity contribution is -0.137. The predicted octanol–water partition coefficient (Wildman–Crippen LogP) is 2.51. The third-order valence-corrected chi connectivity index (χ3v) is 2.49. The van der Waals surface area contributed by atoms with Crippen molar-refractivity contribution in [2.24, 2.45) is 0 Å². The summed E-state index contributed by atoms with van der Waals surface area (Å²) in [6.07, 6.45) is -4.02. The molecule has 18 heavy (non-hydrogen) atoms. The molecule has 0 aliphatic rings. The fourth-order valence-corrected chi connectivity index (χ4v) is 1.66. The second kappa shape index (κ2) is 4.81. The van der Waals surface area contributed by atoms with E-state index in [-0.39, 0.29) is 6.61 Å². The molecule has 0 bridgehead atoms. The first-order valence-corrected chi connectivity index (χ1v) is 5.29. The van der Waals surface area contributed by atoms with Gasteiger partial charge in [-0.25, -0.2) is 0 Å². The molecule has 1 aromatic carbocycles. The van der Waals surface area contributed by atoms with Gasteiger partial charge in [-0.1, -0.05) is 18.2 Å². The van der Waals surface area contributed by atoms with Gasteiger partial charge in [-0.2, -0.15) is 18.3 Å². The Morgan fingerprint density at radius 1 is 1.22 bits per heavy atom. The second-order valence-electron chi connectivity index (χ2n) is 3.92. The van der Waals surface area contributed by atoms with Crippen molar-refractivity contribution in [3.05, 3.63) is 52.8 Å². The molecule has 0 radical (unpaired) electrons. The Balaban J connectivity index is 2.19. The Kier molecular flexibility index (Phi) is 3.38. The summed E-state index contributed by atoms with van der Waals surface area (Å²) in [4.78, 5) is 0. The summed E-state index contributed by atoms with van der Waals surface area (Å²) in [6.45, 7) is -0.195. The Hall–Kier alpha value is -1.82. The normalized spacial score (nSPS) is 11.8. The molecule has 0 amide bonds. The molecule has 2 rings (SSSR count). The predicted molar refractivity (Wildman–Crippen MR) is 58.8 cm³/mol. The number of aliphatic hydroxyl groups is 1. The van der Waals surface area contributed by atoms with Crippen LogP contribution in [0.3, 0.4) is 0 Å². The zero-order valence-electron chi connectivity index (χ0n) is 9.33. The first kappa shape index (κ1) is 12.6. The molecule has 0 atom stereocenters. The van der Waals surface area contributed by atoms with Gasteiger partial charge in [-0.3, -0.25) is 5.10 Å². The summed E-state index contributed by atoms with van der Waals surface area (Å²) in [5.74, 6) is 0. The van der Waals surface area contributed by atoms with Crippen LogP contribution < -0.4 is 0 Å². The number of benzene rings is 1. The SMILES string of the molecule is OCc1cc(Cc2cccc(C(F)(F)F)c2)[nH]n1. The molecule has 2 N–H and O–H groups in total. The number of halogens is 3. The zero-order valence-corrected chi connectivity index (χ0v) is 9.33. The summed E-state index contributed by atoms with van der Waals surface area (Å²) in [5, 5.41) is 15.3. The molecule has 0 aliphatic heterocycles. The van der Waals surface area contributed by atoms with Gasteiger partial charge in [0.1, 0.15) is 0 Å². The van der Waals surface area contributed by atoms with Gasteiger partial charge in [-0.15, -0.1) is 0 Å². The van der Waals surface area contributed by atoms with Crippen LogP contribution in [0.4, 0.5) is 13.2 Å². The average Bonchev–Trinajstić information content (AvgIpc) is 2.76. The lowest BCUT2D eigenvalue weighted by atomic mass is 10.1. The fraction of sp³-hybridized carbons (Fsp3) is 0.250. The Morgan fingerprint density at radius 3 is 2.61 bits per heavy atom. The third-order valence-electron chi connectivity index (χ3n) is 2.49. The summed E-state index contributed by atoms with van der Waals surface area (Å²) in [6, 6.07) is 6.77. The maximum atomic E-state index is 12.5. The van der Waals surface area contributed by atoms with Gasteiger partial charge in [-0.05, 0) is 17.7 Å². The number of aromatic amines is 1. The lowest BCUT2D eigenvalue weighted by Crippen LogP contribution is -2.05. The molecule has 0 spiro atoms. The van der Waals surface area contributed by atoms with Crippen molar-refractivity contribution in [1.82, 2.24) is 10.2 Å². The van der Waals surface area contributed by atoms with Crippen molar-refractivity contribution in [1.29, 1.82) is 0 Å². The van der Waals surface area contributed by atoms with Crippen molar-refractivity contribution in [3.8, 4) is 0 Å². The van der Waals surface area contributed by atoms with Crippen LogP contribution in [-0.4, -0.2) is 15.3 Å². The fourth-order valence-electron chi connectivity index (χ4n) is 1.66. The van der Waals surface area contributed by atoms with E-state index in [0.29, 0.717) is 23.4 Å². The molecule has 0 saturated carbocycles. The summed E-state index contributed by atoms with van der Waals surface area (Å²) >= 11 is 0. The number of H-pyrrole nitrogens is 1. The van der Waals surface area contributed by atoms with Crippen LogP contribution in [0, 0.1) is 0 Å². The number of aliphatic hydroxyl groups excluding tert-OH is 1. The molecule has 2 aromatic rings. The number of rotatable bonds is 3. The van der Waals surface area contributed by atoms with Gasteiger partial charge < -0.3 is 5.11 Å². The molecule has 6 heteroatoms. The highest BCUT2D eigenvalue weighted by Gasteiger charge is 2.30. The first-order valence-electron chi connectivity index (χ1n) is 5.29. The van der Waals surface area contributed by atoms with Gasteiger partial charge >= 0.3 is 6.18 Å². The molecule has 0 aliphatic carbocycles. The van der Waals surface area contributed by atoms with Crippen molar-refractivity contribution in [3.63, 3.8) is 0 Å². The Labute approximate surface area is 101 Å². The van der Waals surface area contributed by atoms with Crippen LogP contribution in [-0.2, 0) is 19.2 Å². The van der Waals surface area contributed by atoms with Crippen molar-refractivity contribution >= 4 is 0 Å². The van der Waals surface area contributed by atoms with Crippen LogP contribution in [0.1, 0.15) is 22.5 Å². The van der Waals surface area contributed by atoms with Crippen LogP contribution in [0.25, 0.3) is 0 Å². The zero-order chi connectivity index (χ0) is 13.2. The lowest BCUT2D eigenvalue weighted by Gasteiger charge is -2.07. The molecular formula is C12H11F3N2O. The summed E-state index contributed by atoms with van der Waals surface area (Å²) in [7, 11) is 0. The van der Waals surface area contributed by atoms with E-state index < -0.39 is 11.7 Å². The molecule has 0 unspecified atom stereocenters. The summed E-state index contributed by atoms with van der Waals surface area (Å²) < 4.78 is 37.5. The first-order chi connectivity index (χ1) is 8.49. The van der Waals surface area contributed by atoms with Gasteiger partial charge in [0.25, 0.3) is 0 Å². The van der Waals surface area contributed by atoms with E-state index in [1.165, 1.54) is 6.07 Å². The monoisotopic (exact) mass is 256 g/mol. The highest BCUT2D eigenvalue weighted by Crippen LogP contribution is 2.29. The minimum Gasteiger partial charge on any atom is -0.390 e. The van der Waals surface area contributed by atoms with Gasteiger partial charge in [0.05, 0.1) is 17.9 Å². The van der Waals surface area contributed by atoms with Crippen LogP contribution in [0.15, 0.2) is 30.3 Å². The highest BCUT2D eigenvalue weighted by atomic mass is 19.4. The van der Waals surface area contributed by atoms with E-state index in [1.54, 1.807) is 12.1 Å². The van der Waals surface area contributed by atoms with E-state index in [0.717, 1.165) is 12.1 Å². The van der Waals surface area contributed by atoms with E-state index >= 15 is 0 Å². The number of hydrogen-bond acceptors (Lipinski definition) is 2. The van der Waals surface area contributed by atoms with E-state index in [4.69, 9.17) is 5.11 Å². The molecule has 1 aromatic heterocycles. The smallest absolute Gasteiger partial charge is 0.390 e. The standard InChI is InChI=1S/C12H11F3N2O/c13-12(14,15)9-3-1-2-8(4-9)5-10-6-11(7-18)17-16-10/h1-4,6,18H,5,7H2,(H,16,17). The molecule has 0 fully saturated rings.